The van der Waals surface area contributed by atoms with Crippen LogP contribution in [0.25, 0.3) is 0 Å². The molecular formula is C23H26ClF2N3O4. The molecule has 1 N–H and O–H groups in total. The standard InChI is InChI=1S/C23H26ClF2N3O4/c1-4-32-13-29-12-23(10-19(29)30,17-8-6-5-7-16(17)14(2)3)21(31)28-20-18(33-22(25)26)9-15(24)11-27-20/h5-9,11,14,22H,4,10,12-13H2,1-3H3,(H,27,28,31). The molecule has 0 aliphatic carbocycles. The molecule has 3 rings (SSSR count). The first kappa shape index (κ1) is 24.9. The van der Waals surface area contributed by atoms with E-state index in [0.717, 1.165) is 11.6 Å². The number of carbonyl (C=O) groups is 2. The van der Waals surface area contributed by atoms with Crippen molar-refractivity contribution >= 4 is 29.2 Å². The molecule has 1 saturated heterocycles. The third-order valence-electron chi connectivity index (χ3n) is 5.52. The Morgan fingerprint density at radius 1 is 1.33 bits per heavy atom. The van der Waals surface area contributed by atoms with Crippen LogP contribution < -0.4 is 10.1 Å². The summed E-state index contributed by atoms with van der Waals surface area (Å²) in [5.74, 6) is -1.30. The minimum atomic E-state index is -3.13. The average Bonchev–Trinajstić information content (AvgIpc) is 3.11. The minimum Gasteiger partial charge on any atom is -0.431 e. The number of hydrogen-bond donors (Lipinski definition) is 1. The zero-order valence-corrected chi connectivity index (χ0v) is 19.4. The van der Waals surface area contributed by atoms with Gasteiger partial charge in [0.15, 0.2) is 11.6 Å². The molecule has 2 aromatic rings. The second-order valence-electron chi connectivity index (χ2n) is 8.05. The van der Waals surface area contributed by atoms with Gasteiger partial charge in [-0.2, -0.15) is 8.78 Å². The fourth-order valence-corrected chi connectivity index (χ4v) is 4.13. The van der Waals surface area contributed by atoms with Gasteiger partial charge in [0, 0.05) is 31.8 Å². The van der Waals surface area contributed by atoms with Crippen LogP contribution in [0.2, 0.25) is 5.02 Å². The predicted octanol–water partition coefficient (Wildman–Crippen LogP) is 4.56. The predicted molar refractivity (Wildman–Crippen MR) is 120 cm³/mol. The zero-order chi connectivity index (χ0) is 24.2. The lowest BCUT2D eigenvalue weighted by Gasteiger charge is -2.31. The molecule has 2 amide bonds. The molecule has 1 aliphatic heterocycles. The van der Waals surface area contributed by atoms with Gasteiger partial charge in [-0.05, 0) is 24.0 Å². The van der Waals surface area contributed by atoms with E-state index >= 15 is 0 Å². The Kier molecular flexibility index (Phi) is 7.86. The van der Waals surface area contributed by atoms with E-state index < -0.39 is 17.9 Å². The largest absolute Gasteiger partial charge is 0.431 e. The van der Waals surface area contributed by atoms with Gasteiger partial charge in [-0.15, -0.1) is 0 Å². The van der Waals surface area contributed by atoms with Crippen LogP contribution >= 0.6 is 11.6 Å². The number of nitrogens with one attached hydrogen (secondary N) is 1. The van der Waals surface area contributed by atoms with Gasteiger partial charge >= 0.3 is 6.61 Å². The molecule has 0 spiro atoms. The van der Waals surface area contributed by atoms with Crippen LogP contribution in [-0.2, 0) is 19.7 Å². The first-order valence-corrected chi connectivity index (χ1v) is 10.9. The summed E-state index contributed by atoms with van der Waals surface area (Å²) in [5.41, 5.74) is 0.320. The third-order valence-corrected chi connectivity index (χ3v) is 5.72. The normalized spacial score (nSPS) is 18.3. The number of anilines is 1. The number of amides is 2. The maximum atomic E-state index is 13.8. The highest BCUT2D eigenvalue weighted by atomic mass is 35.5. The van der Waals surface area contributed by atoms with Crippen molar-refractivity contribution in [3.8, 4) is 5.75 Å². The van der Waals surface area contributed by atoms with Crippen LogP contribution in [-0.4, -0.2) is 48.2 Å². The Balaban J connectivity index is 2.05. The van der Waals surface area contributed by atoms with E-state index in [-0.39, 0.29) is 48.1 Å². The maximum Gasteiger partial charge on any atom is 0.387 e. The van der Waals surface area contributed by atoms with Crippen LogP contribution in [0.4, 0.5) is 14.6 Å². The summed E-state index contributed by atoms with van der Waals surface area (Å²) in [4.78, 5) is 32.1. The average molecular weight is 482 g/mol. The Morgan fingerprint density at radius 2 is 2.06 bits per heavy atom. The fourth-order valence-electron chi connectivity index (χ4n) is 3.98. The highest BCUT2D eigenvalue weighted by Crippen LogP contribution is 2.41. The number of halogens is 3. The van der Waals surface area contributed by atoms with Crippen LogP contribution in [0.5, 0.6) is 5.75 Å². The number of alkyl halides is 2. The van der Waals surface area contributed by atoms with Crippen molar-refractivity contribution < 1.29 is 27.8 Å². The summed E-state index contributed by atoms with van der Waals surface area (Å²) < 4.78 is 35.7. The molecule has 2 heterocycles. The number of pyridine rings is 1. The second-order valence-corrected chi connectivity index (χ2v) is 8.48. The molecule has 178 valence electrons. The highest BCUT2D eigenvalue weighted by Gasteiger charge is 2.51. The molecule has 1 aromatic carbocycles. The summed E-state index contributed by atoms with van der Waals surface area (Å²) in [7, 11) is 0. The molecule has 1 fully saturated rings. The second kappa shape index (κ2) is 10.4. The lowest BCUT2D eigenvalue weighted by molar-refractivity contribution is -0.132. The van der Waals surface area contributed by atoms with Crippen molar-refractivity contribution in [3.63, 3.8) is 0 Å². The van der Waals surface area contributed by atoms with Gasteiger partial charge in [0.25, 0.3) is 0 Å². The van der Waals surface area contributed by atoms with Crippen LogP contribution in [0.3, 0.4) is 0 Å². The van der Waals surface area contributed by atoms with Crippen molar-refractivity contribution in [2.75, 3.05) is 25.2 Å². The summed E-state index contributed by atoms with van der Waals surface area (Å²) in [6.07, 6.45) is 1.11. The van der Waals surface area contributed by atoms with Gasteiger partial charge in [0.2, 0.25) is 11.8 Å². The van der Waals surface area contributed by atoms with Gasteiger partial charge in [0.05, 0.1) is 5.02 Å². The number of nitrogens with zero attached hydrogens (tertiary/aromatic N) is 2. The van der Waals surface area contributed by atoms with Crippen LogP contribution in [0.1, 0.15) is 44.2 Å². The SMILES string of the molecule is CCOCN1CC(C(=O)Nc2ncc(Cl)cc2OC(F)F)(c2ccccc2C(C)C)CC1=O. The summed E-state index contributed by atoms with van der Waals surface area (Å²) in [6.45, 7) is 3.20. The number of carbonyl (C=O) groups excluding carboxylic acids is 2. The van der Waals surface area contributed by atoms with E-state index in [0.29, 0.717) is 12.2 Å². The van der Waals surface area contributed by atoms with E-state index in [2.05, 4.69) is 15.0 Å². The van der Waals surface area contributed by atoms with Crippen molar-refractivity contribution in [1.29, 1.82) is 0 Å². The Hall–Kier alpha value is -2.78. The van der Waals surface area contributed by atoms with E-state index in [1.807, 2.05) is 39.0 Å². The molecule has 33 heavy (non-hydrogen) atoms. The van der Waals surface area contributed by atoms with Gasteiger partial charge in [-0.1, -0.05) is 49.7 Å². The summed E-state index contributed by atoms with van der Waals surface area (Å²) in [5, 5.41) is 2.67. The summed E-state index contributed by atoms with van der Waals surface area (Å²) >= 11 is 5.86. The molecule has 1 unspecified atom stereocenters. The van der Waals surface area contributed by atoms with Crippen LogP contribution in [0.15, 0.2) is 36.5 Å². The van der Waals surface area contributed by atoms with Gasteiger partial charge < -0.3 is 19.7 Å². The molecule has 0 saturated carbocycles. The monoisotopic (exact) mass is 481 g/mol. The van der Waals surface area contributed by atoms with Crippen molar-refractivity contribution in [2.45, 2.75) is 45.1 Å². The fraction of sp³-hybridized carbons (Fsp3) is 0.435. The maximum absolute atomic E-state index is 13.8. The molecule has 0 radical (unpaired) electrons. The topological polar surface area (TPSA) is 80.8 Å². The van der Waals surface area contributed by atoms with E-state index in [4.69, 9.17) is 16.3 Å². The molecule has 0 bridgehead atoms. The number of ether oxygens (including phenoxy) is 2. The third kappa shape index (κ3) is 5.42. The van der Waals surface area contributed by atoms with E-state index in [1.165, 1.54) is 11.1 Å². The van der Waals surface area contributed by atoms with Gasteiger partial charge in [-0.3, -0.25) is 9.59 Å². The Bertz CT molecular complexity index is 1020. The van der Waals surface area contributed by atoms with Crippen LogP contribution in [0, 0.1) is 0 Å². The zero-order valence-electron chi connectivity index (χ0n) is 18.6. The van der Waals surface area contributed by atoms with Crippen molar-refractivity contribution in [2.24, 2.45) is 0 Å². The Labute approximate surface area is 196 Å². The number of rotatable bonds is 9. The lowest BCUT2D eigenvalue weighted by Crippen LogP contribution is -2.44. The summed E-state index contributed by atoms with van der Waals surface area (Å²) in [6, 6.07) is 8.55. The van der Waals surface area contributed by atoms with E-state index in [1.54, 1.807) is 6.07 Å². The van der Waals surface area contributed by atoms with Crippen molar-refractivity contribution in [1.82, 2.24) is 9.88 Å². The molecule has 10 heteroatoms. The molecule has 1 aliphatic rings. The smallest absolute Gasteiger partial charge is 0.387 e. The molecule has 7 nitrogen and oxygen atoms in total. The first-order chi connectivity index (χ1) is 15.7. The number of aromatic nitrogens is 1. The van der Waals surface area contributed by atoms with E-state index in [9.17, 15) is 18.4 Å². The van der Waals surface area contributed by atoms with Crippen molar-refractivity contribution in [3.05, 3.63) is 52.7 Å². The Morgan fingerprint density at radius 3 is 2.73 bits per heavy atom. The quantitative estimate of drug-likeness (QED) is 0.567. The first-order valence-electron chi connectivity index (χ1n) is 10.5. The highest BCUT2D eigenvalue weighted by molar-refractivity contribution is 6.30. The number of hydrogen-bond acceptors (Lipinski definition) is 5. The minimum absolute atomic E-state index is 0.0488. The number of likely N-dealkylation sites (tertiary alicyclic amines) is 1. The molecule has 1 aromatic heterocycles. The van der Waals surface area contributed by atoms with Gasteiger partial charge in [-0.25, -0.2) is 4.98 Å². The van der Waals surface area contributed by atoms with Gasteiger partial charge in [0.1, 0.15) is 12.1 Å². The molecule has 1 atom stereocenters. The molecular weight excluding hydrogens is 456 g/mol. The lowest BCUT2D eigenvalue weighted by atomic mass is 9.74. The number of benzene rings is 1.